The number of aryl methyl sites for hydroxylation is 1. The van der Waals surface area contributed by atoms with Crippen molar-refractivity contribution in [3.05, 3.63) is 65.2 Å². The highest BCUT2D eigenvalue weighted by Gasteiger charge is 2.19. The van der Waals surface area contributed by atoms with Crippen molar-refractivity contribution in [3.63, 3.8) is 0 Å². The Hall–Kier alpha value is -2.82. The molecule has 0 unspecified atom stereocenters. The average Bonchev–Trinajstić information content (AvgIpc) is 3.22. The van der Waals surface area contributed by atoms with Gasteiger partial charge >= 0.3 is 5.97 Å². The van der Waals surface area contributed by atoms with Gasteiger partial charge < -0.3 is 14.4 Å². The average molecular weight is 367 g/mol. The molecule has 1 aliphatic heterocycles. The first-order valence-electron chi connectivity index (χ1n) is 9.35. The number of nitrogens with zero attached hydrogens (tertiary/aromatic N) is 1. The minimum Gasteiger partial charge on any atom is -0.493 e. The van der Waals surface area contributed by atoms with E-state index in [1.54, 1.807) is 12.1 Å². The molecule has 0 saturated carbocycles. The highest BCUT2D eigenvalue weighted by Crippen LogP contribution is 2.14. The lowest BCUT2D eigenvalue weighted by Gasteiger charge is -2.15. The van der Waals surface area contributed by atoms with E-state index in [9.17, 15) is 9.59 Å². The Morgan fingerprint density at radius 3 is 2.30 bits per heavy atom. The summed E-state index contributed by atoms with van der Waals surface area (Å²) in [6.07, 6.45) is 2.35. The third kappa shape index (κ3) is 5.58. The summed E-state index contributed by atoms with van der Waals surface area (Å²) < 4.78 is 10.8. The summed E-state index contributed by atoms with van der Waals surface area (Å²) in [4.78, 5) is 26.0. The van der Waals surface area contributed by atoms with Crippen LogP contribution in [0.25, 0.3) is 0 Å². The van der Waals surface area contributed by atoms with Crippen LogP contribution in [0, 0.1) is 6.92 Å². The van der Waals surface area contributed by atoms with Gasteiger partial charge in [-0.25, -0.2) is 0 Å². The van der Waals surface area contributed by atoms with Crippen molar-refractivity contribution >= 4 is 11.9 Å². The molecule has 142 valence electrons. The standard InChI is InChI=1S/C22H25NO4/c1-17-4-10-20(11-5-17)26-15-12-21(24)27-16-18-6-8-19(9-7-18)22(25)23-13-2-3-14-23/h4-11H,2-3,12-16H2,1H3. The first-order valence-corrected chi connectivity index (χ1v) is 9.35. The lowest BCUT2D eigenvalue weighted by atomic mass is 10.1. The van der Waals surface area contributed by atoms with E-state index in [0.717, 1.165) is 42.8 Å². The minimum absolute atomic E-state index is 0.0734. The molecule has 1 heterocycles. The largest absolute Gasteiger partial charge is 0.493 e. The van der Waals surface area contributed by atoms with E-state index in [1.165, 1.54) is 0 Å². The molecule has 0 radical (unpaired) electrons. The van der Waals surface area contributed by atoms with Gasteiger partial charge in [0, 0.05) is 18.7 Å². The topological polar surface area (TPSA) is 55.8 Å². The second-order valence-corrected chi connectivity index (χ2v) is 6.77. The predicted molar refractivity (Wildman–Crippen MR) is 103 cm³/mol. The van der Waals surface area contributed by atoms with E-state index in [0.29, 0.717) is 5.56 Å². The Morgan fingerprint density at radius 1 is 0.963 bits per heavy atom. The van der Waals surface area contributed by atoms with E-state index < -0.39 is 0 Å². The maximum Gasteiger partial charge on any atom is 0.309 e. The monoisotopic (exact) mass is 367 g/mol. The second-order valence-electron chi connectivity index (χ2n) is 6.77. The fraction of sp³-hybridized carbons (Fsp3) is 0.364. The number of carbonyl (C=O) groups is 2. The number of carbonyl (C=O) groups excluding carboxylic acids is 2. The first-order chi connectivity index (χ1) is 13.1. The normalized spacial score (nSPS) is 13.4. The van der Waals surface area contributed by atoms with Crippen molar-refractivity contribution in [2.24, 2.45) is 0 Å². The van der Waals surface area contributed by atoms with Crippen LogP contribution < -0.4 is 4.74 Å². The molecule has 1 fully saturated rings. The van der Waals surface area contributed by atoms with Gasteiger partial charge in [-0.05, 0) is 49.6 Å². The van der Waals surface area contributed by atoms with Gasteiger partial charge in [0.25, 0.3) is 5.91 Å². The lowest BCUT2D eigenvalue weighted by molar-refractivity contribution is -0.145. The predicted octanol–water partition coefficient (Wildman–Crippen LogP) is 3.74. The van der Waals surface area contributed by atoms with Gasteiger partial charge in [0.05, 0.1) is 13.0 Å². The quantitative estimate of drug-likeness (QED) is 0.700. The van der Waals surface area contributed by atoms with Crippen LogP contribution in [0.3, 0.4) is 0 Å². The highest BCUT2D eigenvalue weighted by atomic mass is 16.5. The highest BCUT2D eigenvalue weighted by molar-refractivity contribution is 5.94. The summed E-state index contributed by atoms with van der Waals surface area (Å²) in [7, 11) is 0. The van der Waals surface area contributed by atoms with Crippen LogP contribution in [0.15, 0.2) is 48.5 Å². The van der Waals surface area contributed by atoms with Crippen molar-refractivity contribution < 1.29 is 19.1 Å². The molecule has 27 heavy (non-hydrogen) atoms. The van der Waals surface area contributed by atoms with Gasteiger partial charge in [0.2, 0.25) is 0 Å². The summed E-state index contributed by atoms with van der Waals surface area (Å²) in [6.45, 7) is 4.16. The number of esters is 1. The van der Waals surface area contributed by atoms with Crippen molar-refractivity contribution in [3.8, 4) is 5.75 Å². The van der Waals surface area contributed by atoms with Gasteiger partial charge in [-0.1, -0.05) is 29.8 Å². The number of ether oxygens (including phenoxy) is 2. The fourth-order valence-corrected chi connectivity index (χ4v) is 2.97. The zero-order chi connectivity index (χ0) is 19.1. The Bertz CT molecular complexity index is 762. The van der Waals surface area contributed by atoms with Crippen LogP contribution in [-0.2, 0) is 16.1 Å². The third-order valence-corrected chi connectivity index (χ3v) is 4.59. The van der Waals surface area contributed by atoms with E-state index in [1.807, 2.05) is 48.2 Å². The molecule has 0 spiro atoms. The number of hydrogen-bond acceptors (Lipinski definition) is 4. The Balaban J connectivity index is 1.39. The molecular formula is C22H25NO4. The Labute approximate surface area is 159 Å². The lowest BCUT2D eigenvalue weighted by Crippen LogP contribution is -2.27. The van der Waals surface area contributed by atoms with Crippen LogP contribution in [0.4, 0.5) is 0 Å². The number of likely N-dealkylation sites (tertiary alicyclic amines) is 1. The van der Waals surface area contributed by atoms with Crippen molar-refractivity contribution in [2.45, 2.75) is 32.8 Å². The molecule has 2 aromatic rings. The number of amides is 1. The van der Waals surface area contributed by atoms with Gasteiger partial charge in [-0.2, -0.15) is 0 Å². The molecule has 3 rings (SSSR count). The van der Waals surface area contributed by atoms with Gasteiger partial charge in [-0.3, -0.25) is 9.59 Å². The summed E-state index contributed by atoms with van der Waals surface area (Å²) in [5.41, 5.74) is 2.70. The summed E-state index contributed by atoms with van der Waals surface area (Å²) in [5.74, 6) is 0.510. The summed E-state index contributed by atoms with van der Waals surface area (Å²) >= 11 is 0. The van der Waals surface area contributed by atoms with Crippen LogP contribution in [-0.4, -0.2) is 36.5 Å². The maximum atomic E-state index is 12.3. The molecule has 0 atom stereocenters. The van der Waals surface area contributed by atoms with Gasteiger partial charge in [0.15, 0.2) is 0 Å². The third-order valence-electron chi connectivity index (χ3n) is 4.59. The second kappa shape index (κ2) is 9.21. The number of rotatable bonds is 7. The number of hydrogen-bond donors (Lipinski definition) is 0. The zero-order valence-corrected chi connectivity index (χ0v) is 15.6. The van der Waals surface area contributed by atoms with E-state index in [2.05, 4.69) is 0 Å². The zero-order valence-electron chi connectivity index (χ0n) is 15.6. The van der Waals surface area contributed by atoms with Crippen LogP contribution in [0.2, 0.25) is 0 Å². The Kier molecular flexibility index (Phi) is 6.47. The molecule has 0 aliphatic carbocycles. The minimum atomic E-state index is -0.306. The van der Waals surface area contributed by atoms with Crippen LogP contribution >= 0.6 is 0 Å². The molecule has 0 aromatic heterocycles. The summed E-state index contributed by atoms with van der Waals surface area (Å²) in [6, 6.07) is 14.9. The van der Waals surface area contributed by atoms with Crippen LogP contribution in [0.5, 0.6) is 5.75 Å². The first kappa shape index (κ1) is 19.0. The summed E-state index contributed by atoms with van der Waals surface area (Å²) in [5, 5.41) is 0. The number of benzene rings is 2. The van der Waals surface area contributed by atoms with E-state index >= 15 is 0 Å². The maximum absolute atomic E-state index is 12.3. The van der Waals surface area contributed by atoms with Crippen molar-refractivity contribution in [1.29, 1.82) is 0 Å². The molecule has 1 aliphatic rings. The van der Waals surface area contributed by atoms with Gasteiger partial charge in [0.1, 0.15) is 12.4 Å². The van der Waals surface area contributed by atoms with Crippen LogP contribution in [0.1, 0.15) is 40.7 Å². The van der Waals surface area contributed by atoms with Gasteiger partial charge in [-0.15, -0.1) is 0 Å². The molecule has 0 N–H and O–H groups in total. The van der Waals surface area contributed by atoms with E-state index in [4.69, 9.17) is 9.47 Å². The SMILES string of the molecule is Cc1ccc(OCCC(=O)OCc2ccc(C(=O)N3CCCC3)cc2)cc1. The smallest absolute Gasteiger partial charge is 0.309 e. The molecule has 5 heteroatoms. The molecule has 2 aromatic carbocycles. The molecule has 0 bridgehead atoms. The fourth-order valence-electron chi connectivity index (χ4n) is 2.97. The molecule has 1 amide bonds. The molecule has 5 nitrogen and oxygen atoms in total. The Morgan fingerprint density at radius 2 is 1.63 bits per heavy atom. The van der Waals surface area contributed by atoms with E-state index in [-0.39, 0.29) is 31.5 Å². The van der Waals surface area contributed by atoms with Crippen molar-refractivity contribution in [2.75, 3.05) is 19.7 Å². The van der Waals surface area contributed by atoms with Crippen molar-refractivity contribution in [1.82, 2.24) is 4.90 Å². The molecule has 1 saturated heterocycles. The molecular weight excluding hydrogens is 342 g/mol.